The van der Waals surface area contributed by atoms with Gasteiger partial charge in [-0.1, -0.05) is 56.0 Å². The summed E-state index contributed by atoms with van der Waals surface area (Å²) in [4.78, 5) is 0. The summed E-state index contributed by atoms with van der Waals surface area (Å²) in [6.45, 7) is 0. The molecule has 3 rings (SSSR count). The van der Waals surface area contributed by atoms with Crippen LogP contribution in [0.1, 0.15) is 44.6 Å². The van der Waals surface area contributed by atoms with Crippen LogP contribution in [0.2, 0.25) is 0 Å². The van der Waals surface area contributed by atoms with Crippen LogP contribution in [0.4, 0.5) is 0 Å². The predicted molar refractivity (Wildman–Crippen MR) is 74.4 cm³/mol. The summed E-state index contributed by atoms with van der Waals surface area (Å²) in [5.41, 5.74) is 2.50. The molecule has 18 heavy (non-hydrogen) atoms. The van der Waals surface area contributed by atoms with E-state index in [1.165, 1.54) is 49.7 Å². The molecule has 0 spiro atoms. The fraction of sp³-hybridized carbons (Fsp3) is 0.438. The molecular formula is C16H20N2. The van der Waals surface area contributed by atoms with Crippen molar-refractivity contribution in [3.63, 3.8) is 0 Å². The Bertz CT molecular complexity index is 479. The lowest BCUT2D eigenvalue weighted by Crippen LogP contribution is -2.08. The van der Waals surface area contributed by atoms with Crippen LogP contribution >= 0.6 is 0 Å². The second-order valence-corrected chi connectivity index (χ2v) is 5.22. The van der Waals surface area contributed by atoms with Gasteiger partial charge in [-0.2, -0.15) is 5.10 Å². The number of hydrogen-bond acceptors (Lipinski definition) is 1. The molecule has 94 valence electrons. The van der Waals surface area contributed by atoms with E-state index in [0.29, 0.717) is 6.04 Å². The summed E-state index contributed by atoms with van der Waals surface area (Å²) in [5.74, 6) is 0. The molecule has 1 aromatic carbocycles. The molecule has 1 aliphatic rings. The predicted octanol–water partition coefficient (Wildman–Crippen LogP) is 4.45. The Morgan fingerprint density at radius 1 is 0.889 bits per heavy atom. The molecule has 0 radical (unpaired) electrons. The van der Waals surface area contributed by atoms with E-state index in [2.05, 4.69) is 46.3 Å². The van der Waals surface area contributed by atoms with Crippen LogP contribution in [0, 0.1) is 0 Å². The van der Waals surface area contributed by atoms with Crippen molar-refractivity contribution in [2.45, 2.75) is 44.6 Å². The van der Waals surface area contributed by atoms with E-state index in [1.54, 1.807) is 0 Å². The van der Waals surface area contributed by atoms with E-state index in [4.69, 9.17) is 0 Å². The molecule has 0 aliphatic heterocycles. The Labute approximate surface area is 109 Å². The van der Waals surface area contributed by atoms with Crippen molar-refractivity contribution >= 4 is 0 Å². The molecular weight excluding hydrogens is 220 g/mol. The Hall–Kier alpha value is -1.57. The second-order valence-electron chi connectivity index (χ2n) is 5.22. The molecule has 2 aromatic rings. The number of benzene rings is 1. The first kappa shape index (κ1) is 11.5. The van der Waals surface area contributed by atoms with E-state index in [1.807, 2.05) is 6.20 Å². The first-order valence-electron chi connectivity index (χ1n) is 7.03. The van der Waals surface area contributed by atoms with Gasteiger partial charge in [0.1, 0.15) is 0 Å². The van der Waals surface area contributed by atoms with Gasteiger partial charge in [-0.15, -0.1) is 0 Å². The van der Waals surface area contributed by atoms with Gasteiger partial charge >= 0.3 is 0 Å². The van der Waals surface area contributed by atoms with Crippen molar-refractivity contribution in [2.75, 3.05) is 0 Å². The molecule has 0 atom stereocenters. The molecule has 0 unspecified atom stereocenters. The lowest BCUT2D eigenvalue weighted by Gasteiger charge is -2.14. The topological polar surface area (TPSA) is 17.8 Å². The normalized spacial score (nSPS) is 17.6. The monoisotopic (exact) mass is 240 g/mol. The van der Waals surface area contributed by atoms with E-state index in [9.17, 15) is 0 Å². The van der Waals surface area contributed by atoms with Crippen molar-refractivity contribution in [1.29, 1.82) is 0 Å². The van der Waals surface area contributed by atoms with Crippen molar-refractivity contribution in [1.82, 2.24) is 9.78 Å². The highest BCUT2D eigenvalue weighted by atomic mass is 15.3. The highest BCUT2D eigenvalue weighted by Gasteiger charge is 2.15. The maximum absolute atomic E-state index is 4.57. The third-order valence-electron chi connectivity index (χ3n) is 3.91. The highest BCUT2D eigenvalue weighted by Crippen LogP contribution is 2.28. The zero-order valence-electron chi connectivity index (χ0n) is 10.8. The Kier molecular flexibility index (Phi) is 3.44. The van der Waals surface area contributed by atoms with Gasteiger partial charge in [0.25, 0.3) is 0 Å². The molecule has 1 heterocycles. The third-order valence-corrected chi connectivity index (χ3v) is 3.91. The van der Waals surface area contributed by atoms with Crippen LogP contribution in [-0.4, -0.2) is 9.78 Å². The molecule has 1 aliphatic carbocycles. The molecule has 0 bridgehead atoms. The van der Waals surface area contributed by atoms with Crippen LogP contribution in [0.5, 0.6) is 0 Å². The third kappa shape index (κ3) is 2.47. The number of aromatic nitrogens is 2. The van der Waals surface area contributed by atoms with E-state index < -0.39 is 0 Å². The van der Waals surface area contributed by atoms with Crippen molar-refractivity contribution in [3.05, 3.63) is 42.7 Å². The fourth-order valence-corrected chi connectivity index (χ4v) is 2.84. The zero-order chi connectivity index (χ0) is 12.2. The maximum Gasteiger partial charge on any atom is 0.0568 e. The maximum atomic E-state index is 4.57. The molecule has 0 amide bonds. The van der Waals surface area contributed by atoms with Crippen LogP contribution in [-0.2, 0) is 0 Å². The van der Waals surface area contributed by atoms with Gasteiger partial charge in [0.2, 0.25) is 0 Å². The Morgan fingerprint density at radius 3 is 2.33 bits per heavy atom. The van der Waals surface area contributed by atoms with Crippen LogP contribution in [0.15, 0.2) is 42.7 Å². The van der Waals surface area contributed by atoms with Gasteiger partial charge in [-0.25, -0.2) is 0 Å². The van der Waals surface area contributed by atoms with Gasteiger partial charge in [0.15, 0.2) is 0 Å². The molecule has 1 fully saturated rings. The first-order valence-corrected chi connectivity index (χ1v) is 7.03. The van der Waals surface area contributed by atoms with Crippen molar-refractivity contribution in [3.8, 4) is 11.1 Å². The average Bonchev–Trinajstić information content (AvgIpc) is 2.76. The lowest BCUT2D eigenvalue weighted by molar-refractivity contribution is 0.405. The average molecular weight is 240 g/mol. The van der Waals surface area contributed by atoms with E-state index in [0.717, 1.165) is 0 Å². The summed E-state index contributed by atoms with van der Waals surface area (Å²) < 4.78 is 2.19. The van der Waals surface area contributed by atoms with Crippen LogP contribution in [0.25, 0.3) is 11.1 Å². The Morgan fingerprint density at radius 2 is 1.61 bits per heavy atom. The minimum Gasteiger partial charge on any atom is -0.269 e. The molecule has 1 aromatic heterocycles. The lowest BCUT2D eigenvalue weighted by atomic mass is 10.1. The number of nitrogens with zero attached hydrogens (tertiary/aromatic N) is 2. The minimum atomic E-state index is 0.616. The molecule has 0 saturated heterocycles. The summed E-state index contributed by atoms with van der Waals surface area (Å²) in [7, 11) is 0. The van der Waals surface area contributed by atoms with Crippen LogP contribution in [0.3, 0.4) is 0 Å². The summed E-state index contributed by atoms with van der Waals surface area (Å²) in [5, 5.41) is 4.57. The Balaban J connectivity index is 1.80. The van der Waals surface area contributed by atoms with Gasteiger partial charge in [0, 0.05) is 11.8 Å². The zero-order valence-corrected chi connectivity index (χ0v) is 10.8. The number of hydrogen-bond donors (Lipinski definition) is 0. The SMILES string of the molecule is c1ccc(-c2cnn(C3CCCCCC3)c2)cc1. The largest absolute Gasteiger partial charge is 0.269 e. The summed E-state index contributed by atoms with van der Waals surface area (Å²) in [6.07, 6.45) is 12.3. The molecule has 2 nitrogen and oxygen atoms in total. The first-order chi connectivity index (χ1) is 8.93. The standard InChI is InChI=1S/C16H20N2/c1-2-7-11-16(10-6-1)18-13-15(12-17-18)14-8-4-3-5-9-14/h3-5,8-9,12-13,16H,1-2,6-7,10-11H2. The van der Waals surface area contributed by atoms with E-state index in [-0.39, 0.29) is 0 Å². The second kappa shape index (κ2) is 5.38. The quantitative estimate of drug-likeness (QED) is 0.709. The van der Waals surface area contributed by atoms with Crippen molar-refractivity contribution in [2.24, 2.45) is 0 Å². The van der Waals surface area contributed by atoms with Crippen molar-refractivity contribution < 1.29 is 0 Å². The van der Waals surface area contributed by atoms with Crippen LogP contribution < -0.4 is 0 Å². The minimum absolute atomic E-state index is 0.616. The highest BCUT2D eigenvalue weighted by molar-refractivity contribution is 5.61. The molecule has 0 N–H and O–H groups in total. The van der Waals surface area contributed by atoms with Gasteiger partial charge < -0.3 is 0 Å². The van der Waals surface area contributed by atoms with E-state index >= 15 is 0 Å². The molecule has 1 saturated carbocycles. The van der Waals surface area contributed by atoms with Gasteiger partial charge in [-0.3, -0.25) is 4.68 Å². The smallest absolute Gasteiger partial charge is 0.0568 e. The number of rotatable bonds is 2. The van der Waals surface area contributed by atoms with Gasteiger partial charge in [0.05, 0.1) is 12.2 Å². The summed E-state index contributed by atoms with van der Waals surface area (Å²) in [6, 6.07) is 11.1. The summed E-state index contributed by atoms with van der Waals surface area (Å²) >= 11 is 0. The van der Waals surface area contributed by atoms with Gasteiger partial charge in [-0.05, 0) is 18.4 Å². The molecule has 2 heteroatoms. The fourth-order valence-electron chi connectivity index (χ4n) is 2.84.